The Morgan fingerprint density at radius 3 is 2.57 bits per heavy atom. The largest absolute Gasteiger partial charge is 0.450 e. The van der Waals surface area contributed by atoms with E-state index in [1.54, 1.807) is 17.2 Å². The molecule has 0 saturated heterocycles. The molecule has 0 spiro atoms. The Bertz CT molecular complexity index is 1330. The molecule has 1 atom stereocenters. The summed E-state index contributed by atoms with van der Waals surface area (Å²) in [5.41, 5.74) is 1.32. The quantitative estimate of drug-likeness (QED) is 0.492. The van der Waals surface area contributed by atoms with Crippen LogP contribution in [0.3, 0.4) is 0 Å². The van der Waals surface area contributed by atoms with Gasteiger partial charge in [-0.2, -0.15) is 0 Å². The Kier molecular flexibility index (Phi) is 4.37. The molecule has 5 rings (SSSR count). The maximum absolute atomic E-state index is 13.6. The van der Waals surface area contributed by atoms with Gasteiger partial charge in [-0.3, -0.25) is 14.6 Å². The van der Waals surface area contributed by atoms with Gasteiger partial charge in [0.15, 0.2) is 5.43 Å². The number of fused-ring (bicyclic) bond motifs is 4. The molecule has 0 fully saturated rings. The maximum atomic E-state index is 13.6. The van der Waals surface area contributed by atoms with E-state index in [0.29, 0.717) is 35.3 Å². The highest BCUT2D eigenvalue weighted by Gasteiger charge is 2.43. The number of rotatable bonds is 4. The topological polar surface area (TPSA) is 66.7 Å². The van der Waals surface area contributed by atoms with Gasteiger partial charge in [-0.25, -0.2) is 0 Å². The summed E-state index contributed by atoms with van der Waals surface area (Å²) in [6.45, 7) is 1.13. The monoisotopic (exact) mass is 399 g/mol. The highest BCUT2D eigenvalue weighted by atomic mass is 16.3. The molecule has 0 radical (unpaired) electrons. The maximum Gasteiger partial charge on any atom is 0.291 e. The lowest BCUT2D eigenvalue weighted by molar-refractivity contribution is 0.0714. The van der Waals surface area contributed by atoms with Gasteiger partial charge in [0.2, 0.25) is 5.76 Å². The summed E-state index contributed by atoms with van der Waals surface area (Å²) in [7, 11) is 3.90. The summed E-state index contributed by atoms with van der Waals surface area (Å²) in [4.78, 5) is 35.1. The summed E-state index contributed by atoms with van der Waals surface area (Å²) in [6.07, 6.45) is 1.68. The SMILES string of the molecule is CN(C)CCN1C(=O)c2oc3c(ccc4ccccc43)c(=O)c2C1c1ccccn1. The Balaban J connectivity index is 1.78. The van der Waals surface area contributed by atoms with Gasteiger partial charge in [-0.05, 0) is 37.7 Å². The number of carbonyl (C=O) groups excluding carboxylic acids is 1. The van der Waals surface area contributed by atoms with Crippen molar-refractivity contribution in [3.8, 4) is 0 Å². The molecular formula is C24H21N3O3. The third-order valence-corrected chi connectivity index (χ3v) is 5.61. The molecule has 0 saturated carbocycles. The number of nitrogens with zero attached hydrogens (tertiary/aromatic N) is 3. The Morgan fingerprint density at radius 1 is 1.00 bits per heavy atom. The average molecular weight is 399 g/mol. The lowest BCUT2D eigenvalue weighted by Crippen LogP contribution is -2.35. The molecule has 6 nitrogen and oxygen atoms in total. The summed E-state index contributed by atoms with van der Waals surface area (Å²) in [5.74, 6) is -0.146. The summed E-state index contributed by atoms with van der Waals surface area (Å²) in [6, 6.07) is 16.4. The lowest BCUT2D eigenvalue weighted by atomic mass is 10.0. The molecule has 0 N–H and O–H groups in total. The van der Waals surface area contributed by atoms with Crippen molar-refractivity contribution in [2.75, 3.05) is 27.2 Å². The van der Waals surface area contributed by atoms with E-state index < -0.39 is 6.04 Å². The first kappa shape index (κ1) is 18.5. The Labute approximate surface area is 173 Å². The van der Waals surface area contributed by atoms with Crippen molar-refractivity contribution in [1.82, 2.24) is 14.8 Å². The lowest BCUT2D eigenvalue weighted by Gasteiger charge is -2.25. The summed E-state index contributed by atoms with van der Waals surface area (Å²) < 4.78 is 6.17. The first-order valence-electron chi connectivity index (χ1n) is 9.91. The fourth-order valence-electron chi connectivity index (χ4n) is 4.13. The van der Waals surface area contributed by atoms with Crippen LogP contribution < -0.4 is 5.43 Å². The van der Waals surface area contributed by atoms with Crippen LogP contribution in [0.2, 0.25) is 0 Å². The number of hydrogen-bond acceptors (Lipinski definition) is 5. The van der Waals surface area contributed by atoms with Crippen LogP contribution in [-0.2, 0) is 0 Å². The van der Waals surface area contributed by atoms with Crippen LogP contribution >= 0.6 is 0 Å². The van der Waals surface area contributed by atoms with E-state index in [9.17, 15) is 9.59 Å². The van der Waals surface area contributed by atoms with Crippen molar-refractivity contribution in [2.24, 2.45) is 0 Å². The third kappa shape index (κ3) is 2.80. The Hall–Kier alpha value is -3.51. The second-order valence-electron chi connectivity index (χ2n) is 7.80. The highest BCUT2D eigenvalue weighted by molar-refractivity contribution is 6.06. The molecular weight excluding hydrogens is 378 g/mol. The number of carbonyl (C=O) groups is 1. The molecule has 4 aromatic rings. The molecule has 1 amide bonds. The average Bonchev–Trinajstić information content (AvgIpc) is 3.05. The van der Waals surface area contributed by atoms with E-state index in [2.05, 4.69) is 4.98 Å². The zero-order valence-corrected chi connectivity index (χ0v) is 16.8. The van der Waals surface area contributed by atoms with E-state index in [-0.39, 0.29) is 17.1 Å². The van der Waals surface area contributed by atoms with Crippen molar-refractivity contribution in [3.05, 3.63) is 88.0 Å². The highest BCUT2D eigenvalue weighted by Crippen LogP contribution is 2.38. The number of aromatic nitrogens is 1. The number of likely N-dealkylation sites (N-methyl/N-ethyl adjacent to an activating group) is 1. The normalized spacial score (nSPS) is 16.0. The van der Waals surface area contributed by atoms with E-state index >= 15 is 0 Å². The number of benzene rings is 2. The van der Waals surface area contributed by atoms with Gasteiger partial charge in [0.1, 0.15) is 11.6 Å². The van der Waals surface area contributed by atoms with Gasteiger partial charge in [0.25, 0.3) is 5.91 Å². The van der Waals surface area contributed by atoms with Crippen molar-refractivity contribution in [2.45, 2.75) is 6.04 Å². The fraction of sp³-hybridized carbons (Fsp3) is 0.208. The molecule has 1 aliphatic rings. The molecule has 2 aromatic carbocycles. The van der Waals surface area contributed by atoms with Crippen LogP contribution in [0.25, 0.3) is 21.7 Å². The zero-order valence-electron chi connectivity index (χ0n) is 16.8. The van der Waals surface area contributed by atoms with Gasteiger partial charge in [-0.15, -0.1) is 0 Å². The molecule has 2 aromatic heterocycles. The molecule has 3 heterocycles. The standard InChI is InChI=1S/C24H21N3O3/c1-26(2)13-14-27-20(18-9-5-6-12-25-18)19-21(28)17-11-10-15-7-3-4-8-16(15)22(17)30-23(19)24(27)29/h3-12,20H,13-14H2,1-2H3. The fourth-order valence-corrected chi connectivity index (χ4v) is 4.13. The van der Waals surface area contributed by atoms with Crippen LogP contribution in [-0.4, -0.2) is 47.9 Å². The minimum absolute atomic E-state index is 0.123. The minimum atomic E-state index is -0.555. The van der Waals surface area contributed by atoms with Crippen molar-refractivity contribution >= 4 is 27.6 Å². The van der Waals surface area contributed by atoms with Gasteiger partial charge in [0.05, 0.1) is 16.6 Å². The van der Waals surface area contributed by atoms with Gasteiger partial charge >= 0.3 is 0 Å². The van der Waals surface area contributed by atoms with Gasteiger partial charge < -0.3 is 14.2 Å². The molecule has 1 aliphatic heterocycles. The van der Waals surface area contributed by atoms with Gasteiger partial charge in [0, 0.05) is 24.7 Å². The molecule has 1 unspecified atom stereocenters. The van der Waals surface area contributed by atoms with E-state index in [4.69, 9.17) is 4.42 Å². The smallest absolute Gasteiger partial charge is 0.291 e. The first-order valence-corrected chi connectivity index (χ1v) is 9.91. The minimum Gasteiger partial charge on any atom is -0.450 e. The third-order valence-electron chi connectivity index (χ3n) is 5.61. The van der Waals surface area contributed by atoms with Crippen LogP contribution in [0.15, 0.2) is 70.0 Å². The second kappa shape index (κ2) is 7.07. The van der Waals surface area contributed by atoms with E-state index in [0.717, 1.165) is 10.8 Å². The molecule has 150 valence electrons. The molecule has 6 heteroatoms. The predicted octanol–water partition coefficient (Wildman–Crippen LogP) is 3.45. The zero-order chi connectivity index (χ0) is 20.8. The number of hydrogen-bond donors (Lipinski definition) is 0. The van der Waals surface area contributed by atoms with E-state index in [1.807, 2.05) is 67.5 Å². The van der Waals surface area contributed by atoms with Crippen molar-refractivity contribution in [1.29, 1.82) is 0 Å². The van der Waals surface area contributed by atoms with Crippen LogP contribution in [0.5, 0.6) is 0 Å². The van der Waals surface area contributed by atoms with Crippen LogP contribution in [0.4, 0.5) is 0 Å². The number of pyridine rings is 1. The molecule has 30 heavy (non-hydrogen) atoms. The molecule has 0 aliphatic carbocycles. The van der Waals surface area contributed by atoms with E-state index in [1.165, 1.54) is 0 Å². The predicted molar refractivity (Wildman–Crippen MR) is 116 cm³/mol. The van der Waals surface area contributed by atoms with Crippen LogP contribution in [0, 0.1) is 0 Å². The number of amides is 1. The van der Waals surface area contributed by atoms with Crippen molar-refractivity contribution < 1.29 is 9.21 Å². The molecule has 0 bridgehead atoms. The first-order chi connectivity index (χ1) is 14.6. The summed E-state index contributed by atoms with van der Waals surface area (Å²) in [5, 5.41) is 2.27. The summed E-state index contributed by atoms with van der Waals surface area (Å²) >= 11 is 0. The van der Waals surface area contributed by atoms with Gasteiger partial charge in [-0.1, -0.05) is 36.4 Å². The van der Waals surface area contributed by atoms with Crippen molar-refractivity contribution in [3.63, 3.8) is 0 Å². The Morgan fingerprint density at radius 2 is 1.80 bits per heavy atom. The second-order valence-corrected chi connectivity index (χ2v) is 7.80. The van der Waals surface area contributed by atoms with Crippen LogP contribution in [0.1, 0.15) is 27.9 Å².